The second-order valence-corrected chi connectivity index (χ2v) is 41.3. The molecule has 7 aromatic carbocycles. The molecule has 806 valence electrons. The zero-order valence-electron chi connectivity index (χ0n) is 88.1. The molecule has 23 nitrogen and oxygen atoms in total. The van der Waals surface area contributed by atoms with Crippen LogP contribution in [0.2, 0.25) is 0 Å². The number of aliphatic hydroxyl groups excluding tert-OH is 2. The van der Waals surface area contributed by atoms with Crippen molar-refractivity contribution in [1.82, 2.24) is 58.5 Å². The molecule has 0 atom stereocenters. The van der Waals surface area contributed by atoms with Crippen molar-refractivity contribution in [3.05, 3.63) is 251 Å². The summed E-state index contributed by atoms with van der Waals surface area (Å²) in [5.41, 5.74) is 21.3. The van der Waals surface area contributed by atoms with Crippen LogP contribution in [0.5, 0.6) is 0 Å². The molecule has 14 rings (SSSR count). The molecule has 0 unspecified atom stereocenters. The van der Waals surface area contributed by atoms with Gasteiger partial charge in [-0.2, -0.15) is 0 Å². The van der Waals surface area contributed by atoms with Crippen LogP contribution in [0.4, 0.5) is 23.2 Å². The number of hydrogen-bond donors (Lipinski definition) is 15. The number of benzene rings is 7. The van der Waals surface area contributed by atoms with Gasteiger partial charge in [0.2, 0.25) is 29.6 Å². The number of ether oxygens (including phenoxy) is 1. The van der Waals surface area contributed by atoms with Crippen LogP contribution in [0.15, 0.2) is 212 Å². The summed E-state index contributed by atoms with van der Waals surface area (Å²) in [4.78, 5) is 82.6. The molecule has 0 bridgehead atoms. The molecule has 7 aromatic rings. The predicted octanol–water partition coefficient (Wildman–Crippen LogP) is 21.2. The summed E-state index contributed by atoms with van der Waals surface area (Å²) in [6, 6.07) is 75.6. The summed E-state index contributed by atoms with van der Waals surface area (Å²) < 4.78 is 31.3. The van der Waals surface area contributed by atoms with Gasteiger partial charge in [-0.1, -0.05) is 238 Å². The van der Waals surface area contributed by atoms with E-state index >= 15 is 0 Å². The summed E-state index contributed by atoms with van der Waals surface area (Å²) in [6.45, 7) is 5.77. The molecule has 2 heterocycles. The first-order chi connectivity index (χ1) is 71.2. The number of alkyl halides is 2. The number of rotatable bonds is 46. The second-order valence-electron chi connectivity index (χ2n) is 41.3. The van der Waals surface area contributed by atoms with Gasteiger partial charge in [0.1, 0.15) is 0 Å². The Labute approximate surface area is 873 Å². The van der Waals surface area contributed by atoms with E-state index in [0.717, 1.165) is 328 Å². The molecule has 5 saturated carbocycles. The fraction of sp³-hybridized carbons (Fsp3) is 0.595. The molecule has 0 spiro atoms. The van der Waals surface area contributed by atoms with Crippen molar-refractivity contribution < 1.29 is 57.3 Å². The van der Waals surface area contributed by atoms with Gasteiger partial charge in [-0.25, -0.2) is 23.2 Å². The topological polar surface area (TPSA) is 354 Å². The Morgan fingerprint density at radius 3 is 0.733 bits per heavy atom. The van der Waals surface area contributed by atoms with E-state index in [-0.39, 0.29) is 84.9 Å². The number of halogens is 2. The number of aliphatic hydroxyl groups is 2. The monoisotopic (exact) mass is 2020 g/mol. The minimum Gasteiger partial charge on any atom is -0.393 e. The molecule has 7 aliphatic rings. The van der Waals surface area contributed by atoms with Crippen molar-refractivity contribution in [3.8, 4) is 0 Å². The smallest absolute Gasteiger partial charge is 0.315 e. The summed E-state index contributed by atoms with van der Waals surface area (Å²) in [5.74, 6) is -1.92. The standard InChI is InChI=1S/C18H25F2NO.C18H28N2O.C18H27NO2.C17H27N3O.C17H26N2O2.C17H25NO2.C16H25N3O/c19-18(20)13-11-16(12-14-18)21-17(22)10-6-2-5-9-15-7-3-1-4-8-15;19-16-11-13-17(14-12-16)20-18(21)10-6-2-5-9-15-7-3-1-4-8-15;20-17-13-11-16(12-14-17)19-18(21)10-6-2-5-9-15-7-3-1-4-8-15;18-15-9-11-16(12-10-15)20-17(21)19-13-5-4-8-14-6-2-1-3-7-14;20-16-11-9-15(10-12-16)19-17(21)18-13-5-4-8-14-6-2-1-3-7-14;19-17(18-16-11-13-20-14-12-16)10-6-2-5-9-15-7-3-1-4-8-15;20-16(19-15-9-12-17-13-10-15)18-11-5-4-8-14-6-2-1-3-7-14/h1,3-4,7-8,16H,2,5-6,9-14H2,(H,21,22);1,3-4,7-8,16-17H,2,5-6,9-14,19H2,(H,20,21);1,3-4,7-8,16-17,20H,2,5-6,9-14H2,(H,19,21);1-3,6-7,15-16H,4-5,8-13,18H2,(H2,19,20,21);1-3,6-7,15-16,20H,4-5,8-13H2,(H2,18,19,21);1,3-4,7-8,16H,2,5-6,9-14H2,(H,18,19);1-3,6-7,15,17H,4-5,8-13H2,(H2,18,19,20). The first kappa shape index (κ1) is 121. The average Bonchev–Trinajstić information content (AvgIpc) is 0.859. The summed E-state index contributed by atoms with van der Waals surface area (Å²) in [5, 5.41) is 52.3. The molecular formula is C121H183F2N13O10. The van der Waals surface area contributed by atoms with Crippen LogP contribution in [0.3, 0.4) is 0 Å². The minimum absolute atomic E-state index is 0.00919. The fourth-order valence-corrected chi connectivity index (χ4v) is 19.5. The van der Waals surface area contributed by atoms with Gasteiger partial charge >= 0.3 is 18.1 Å². The number of urea groups is 3. The Bertz CT molecular complexity index is 4070. The molecular weight excluding hydrogens is 1830 g/mol. The van der Waals surface area contributed by atoms with Crippen molar-refractivity contribution in [2.75, 3.05) is 45.9 Å². The third kappa shape index (κ3) is 60.3. The number of unbranched alkanes of at least 4 members (excludes halogenated alkanes) is 11. The molecule has 2 saturated heterocycles. The number of piperidine rings is 1. The van der Waals surface area contributed by atoms with Gasteiger partial charge in [0.25, 0.3) is 0 Å². The third-order valence-electron chi connectivity index (χ3n) is 28.6. The van der Waals surface area contributed by atoms with Crippen LogP contribution in [-0.4, -0.2) is 170 Å². The normalized spacial score (nSPS) is 19.7. The number of nitrogens with one attached hydrogen (secondary N) is 11. The van der Waals surface area contributed by atoms with Gasteiger partial charge in [0, 0.05) is 126 Å². The molecule has 5 aliphatic carbocycles. The SMILES string of the molecule is NC1CCC(NC(=O)CCCCCc2ccccc2)CC1.NC1CCC(NC(=O)NCCCCc2ccccc2)CC1.O=C(CCCCCc1ccccc1)NC1CCC(F)(F)CC1.O=C(CCCCCc1ccccc1)NC1CCC(O)CC1.O=C(CCCCCc1ccccc1)NC1CCOCC1.O=C(NCCCCc1ccccc1)NC1CCC(O)CC1.O=C(NCCCCc1ccccc1)NC1CCNCC1. The van der Waals surface area contributed by atoms with E-state index in [1.165, 1.54) is 38.9 Å². The van der Waals surface area contributed by atoms with Crippen LogP contribution >= 0.6 is 0 Å². The molecule has 7 fully saturated rings. The maximum Gasteiger partial charge on any atom is 0.315 e. The summed E-state index contributed by atoms with van der Waals surface area (Å²) in [7, 11) is 0. The third-order valence-corrected chi connectivity index (χ3v) is 28.6. The number of nitrogens with two attached hydrogens (primary N) is 2. The molecule has 0 aromatic heterocycles. The highest BCUT2D eigenvalue weighted by Crippen LogP contribution is 2.33. The number of carbonyl (C=O) groups is 7. The molecule has 25 heteroatoms. The van der Waals surface area contributed by atoms with E-state index < -0.39 is 5.92 Å². The van der Waals surface area contributed by atoms with Crippen LogP contribution in [-0.2, 0) is 68.9 Å². The highest BCUT2D eigenvalue weighted by Gasteiger charge is 2.36. The first-order valence-electron chi connectivity index (χ1n) is 56.3. The quantitative estimate of drug-likeness (QED) is 0.0158. The molecule has 0 radical (unpaired) electrons. The predicted molar refractivity (Wildman–Crippen MR) is 589 cm³/mol. The maximum absolute atomic E-state index is 13.0. The number of amides is 10. The lowest BCUT2D eigenvalue weighted by Gasteiger charge is -2.28. The zero-order chi connectivity index (χ0) is 104. The highest BCUT2D eigenvalue weighted by atomic mass is 19.3. The van der Waals surface area contributed by atoms with Crippen molar-refractivity contribution in [2.45, 2.75) is 413 Å². The Morgan fingerprint density at radius 1 is 0.267 bits per heavy atom. The fourth-order valence-electron chi connectivity index (χ4n) is 19.5. The average molecular weight is 2020 g/mol. The first-order valence-corrected chi connectivity index (χ1v) is 56.3. The highest BCUT2D eigenvalue weighted by molar-refractivity contribution is 5.78. The van der Waals surface area contributed by atoms with E-state index in [1.807, 2.05) is 54.6 Å². The van der Waals surface area contributed by atoms with Crippen LogP contribution in [0.1, 0.15) is 334 Å². The lowest BCUT2D eigenvalue weighted by atomic mass is 9.92. The Kier molecular flexibility index (Phi) is 63.3. The lowest BCUT2D eigenvalue weighted by molar-refractivity contribution is -0.123. The zero-order valence-corrected chi connectivity index (χ0v) is 88.1. The summed E-state index contributed by atoms with van der Waals surface area (Å²) >= 11 is 0. The van der Waals surface area contributed by atoms with Gasteiger partial charge < -0.3 is 84.9 Å². The molecule has 17 N–H and O–H groups in total. The van der Waals surface area contributed by atoms with Gasteiger partial charge in [-0.15, -0.1) is 0 Å². The largest absolute Gasteiger partial charge is 0.393 e. The number of aryl methyl sites for hydroxylation is 7. The van der Waals surface area contributed by atoms with Gasteiger partial charge in [-0.05, 0) is 328 Å². The number of hydrogen-bond acceptors (Lipinski definition) is 13. The van der Waals surface area contributed by atoms with Gasteiger partial charge in [0.15, 0.2) is 0 Å². The summed E-state index contributed by atoms with van der Waals surface area (Å²) in [6.07, 6.45) is 48.3. The van der Waals surface area contributed by atoms with Crippen LogP contribution in [0.25, 0.3) is 0 Å². The van der Waals surface area contributed by atoms with E-state index in [9.17, 15) is 52.6 Å². The van der Waals surface area contributed by atoms with Crippen molar-refractivity contribution in [2.24, 2.45) is 11.5 Å². The minimum atomic E-state index is -2.53. The van der Waals surface area contributed by atoms with Gasteiger partial charge in [-0.3, -0.25) is 19.2 Å². The van der Waals surface area contributed by atoms with Gasteiger partial charge in [0.05, 0.1) is 12.2 Å². The lowest BCUT2D eigenvalue weighted by Crippen LogP contribution is -2.46. The molecule has 2 aliphatic heterocycles. The Morgan fingerprint density at radius 2 is 0.479 bits per heavy atom. The molecule has 10 amide bonds. The second kappa shape index (κ2) is 76.4. The van der Waals surface area contributed by atoms with Crippen LogP contribution in [0, 0.1) is 0 Å². The number of carbonyl (C=O) groups excluding carboxylic acids is 7. The Hall–Kier alpha value is -10.2. The van der Waals surface area contributed by atoms with Crippen LogP contribution < -0.4 is 70.0 Å². The van der Waals surface area contributed by atoms with Crippen molar-refractivity contribution >= 4 is 41.7 Å². The van der Waals surface area contributed by atoms with E-state index in [1.54, 1.807) is 0 Å². The van der Waals surface area contributed by atoms with E-state index in [2.05, 4.69) is 216 Å². The van der Waals surface area contributed by atoms with Crippen molar-refractivity contribution in [3.63, 3.8) is 0 Å². The Balaban J connectivity index is 0.000000208. The maximum atomic E-state index is 13.0. The molecule has 146 heavy (non-hydrogen) atoms. The van der Waals surface area contributed by atoms with Crippen molar-refractivity contribution in [1.29, 1.82) is 0 Å². The van der Waals surface area contributed by atoms with E-state index in [4.69, 9.17) is 16.2 Å². The van der Waals surface area contributed by atoms with E-state index in [0.29, 0.717) is 81.3 Å².